The number of carbonyl (C=O) groups excluding carboxylic acids is 2. The zero-order chi connectivity index (χ0) is 21.1. The lowest BCUT2D eigenvalue weighted by molar-refractivity contribution is -0.116. The summed E-state index contributed by atoms with van der Waals surface area (Å²) in [5.41, 5.74) is 1.80. The summed E-state index contributed by atoms with van der Waals surface area (Å²) in [5.74, 6) is 0.689. The van der Waals surface area contributed by atoms with Crippen LogP contribution in [-0.2, 0) is 17.6 Å². The highest BCUT2D eigenvalue weighted by Gasteiger charge is 2.26. The lowest BCUT2D eigenvalue weighted by atomic mass is 9.89. The first-order valence-corrected chi connectivity index (χ1v) is 12.1. The van der Waals surface area contributed by atoms with Gasteiger partial charge in [-0.2, -0.15) is 5.26 Å². The third-order valence-corrected chi connectivity index (χ3v) is 7.95. The number of carbonyl (C=O) groups is 2. The van der Waals surface area contributed by atoms with Gasteiger partial charge in [0.05, 0.1) is 10.4 Å². The van der Waals surface area contributed by atoms with Gasteiger partial charge < -0.3 is 10.2 Å². The molecule has 2 amide bonds. The van der Waals surface area contributed by atoms with Crippen LogP contribution in [-0.4, -0.2) is 54.3 Å². The Kier molecular flexibility index (Phi) is 6.52. The second kappa shape index (κ2) is 9.29. The lowest BCUT2D eigenvalue weighted by Gasteiger charge is -2.34. The topological polar surface area (TPSA) is 76.4 Å². The number of nitrogens with one attached hydrogen (secondary N) is 1. The number of amides is 2. The summed E-state index contributed by atoms with van der Waals surface area (Å²) in [6.07, 6.45) is 3.43. The van der Waals surface area contributed by atoms with Crippen LogP contribution in [0, 0.1) is 17.2 Å². The number of piperazine rings is 1. The van der Waals surface area contributed by atoms with Crippen molar-refractivity contribution < 1.29 is 9.59 Å². The predicted octanol–water partition coefficient (Wildman–Crippen LogP) is 3.59. The van der Waals surface area contributed by atoms with Gasteiger partial charge in [0.1, 0.15) is 11.1 Å². The monoisotopic (exact) mass is 442 g/mol. The first-order chi connectivity index (χ1) is 14.5. The van der Waals surface area contributed by atoms with Crippen molar-refractivity contribution in [3.05, 3.63) is 38.4 Å². The van der Waals surface area contributed by atoms with E-state index in [9.17, 15) is 14.9 Å². The maximum Gasteiger partial charge on any atom is 0.264 e. The van der Waals surface area contributed by atoms with E-state index in [1.807, 2.05) is 22.4 Å². The summed E-state index contributed by atoms with van der Waals surface area (Å²) in [7, 11) is 0. The number of thiophene rings is 2. The van der Waals surface area contributed by atoms with Gasteiger partial charge in [-0.05, 0) is 42.2 Å². The van der Waals surface area contributed by atoms with Crippen molar-refractivity contribution in [2.24, 2.45) is 5.92 Å². The zero-order valence-electron chi connectivity index (χ0n) is 17.1. The molecule has 8 heteroatoms. The van der Waals surface area contributed by atoms with Crippen LogP contribution < -0.4 is 5.32 Å². The van der Waals surface area contributed by atoms with Gasteiger partial charge in [0.2, 0.25) is 5.91 Å². The van der Waals surface area contributed by atoms with Gasteiger partial charge in [-0.1, -0.05) is 13.0 Å². The van der Waals surface area contributed by atoms with Crippen molar-refractivity contribution in [3.63, 3.8) is 0 Å². The molecule has 1 N–H and O–H groups in total. The number of hydrogen-bond donors (Lipinski definition) is 1. The first-order valence-electron chi connectivity index (χ1n) is 10.4. The minimum absolute atomic E-state index is 0.0461. The number of fused-ring (bicyclic) bond motifs is 1. The van der Waals surface area contributed by atoms with Crippen LogP contribution in [0.5, 0.6) is 0 Å². The normalized spacial score (nSPS) is 19.2. The Morgan fingerprint density at radius 1 is 1.30 bits per heavy atom. The van der Waals surface area contributed by atoms with Crippen LogP contribution in [0.2, 0.25) is 0 Å². The average molecular weight is 443 g/mol. The molecule has 1 atom stereocenters. The first kappa shape index (κ1) is 21.0. The van der Waals surface area contributed by atoms with E-state index in [1.165, 1.54) is 16.2 Å². The fraction of sp³-hybridized carbons (Fsp3) is 0.500. The van der Waals surface area contributed by atoms with Crippen molar-refractivity contribution >= 4 is 39.5 Å². The molecule has 1 unspecified atom stereocenters. The van der Waals surface area contributed by atoms with Gasteiger partial charge in [-0.3, -0.25) is 14.5 Å². The van der Waals surface area contributed by atoms with Gasteiger partial charge in [-0.25, -0.2) is 0 Å². The molecule has 1 fully saturated rings. The molecule has 0 saturated carbocycles. The van der Waals surface area contributed by atoms with Crippen molar-refractivity contribution in [2.45, 2.75) is 32.6 Å². The molecule has 0 spiro atoms. The molecule has 6 nitrogen and oxygen atoms in total. The fourth-order valence-electron chi connectivity index (χ4n) is 4.14. The Balaban J connectivity index is 1.26. The van der Waals surface area contributed by atoms with Crippen LogP contribution >= 0.6 is 22.7 Å². The Bertz CT molecular complexity index is 953. The molecule has 158 valence electrons. The quantitative estimate of drug-likeness (QED) is 0.768. The van der Waals surface area contributed by atoms with E-state index in [2.05, 4.69) is 23.2 Å². The van der Waals surface area contributed by atoms with E-state index in [1.54, 1.807) is 11.3 Å². The number of rotatable bonds is 5. The van der Waals surface area contributed by atoms with Gasteiger partial charge >= 0.3 is 0 Å². The second-order valence-electron chi connectivity index (χ2n) is 8.08. The second-order valence-corrected chi connectivity index (χ2v) is 10.1. The number of nitrogens with zero attached hydrogens (tertiary/aromatic N) is 3. The number of anilines is 1. The van der Waals surface area contributed by atoms with Crippen molar-refractivity contribution in [1.82, 2.24) is 9.80 Å². The molecule has 1 aliphatic heterocycles. The number of hydrogen-bond acceptors (Lipinski definition) is 6. The summed E-state index contributed by atoms with van der Waals surface area (Å²) in [6, 6.07) is 6.07. The van der Waals surface area contributed by atoms with Crippen molar-refractivity contribution in [3.8, 4) is 6.07 Å². The average Bonchev–Trinajstić information content (AvgIpc) is 3.39. The Morgan fingerprint density at radius 2 is 2.10 bits per heavy atom. The Hall–Kier alpha value is -2.21. The molecular formula is C22H26N4O2S2. The Morgan fingerprint density at radius 3 is 2.80 bits per heavy atom. The maximum absolute atomic E-state index is 12.5. The maximum atomic E-state index is 12.5. The van der Waals surface area contributed by atoms with E-state index in [0.717, 1.165) is 42.8 Å². The minimum Gasteiger partial charge on any atom is -0.335 e. The lowest BCUT2D eigenvalue weighted by Crippen LogP contribution is -2.49. The molecule has 30 heavy (non-hydrogen) atoms. The van der Waals surface area contributed by atoms with Crippen LogP contribution in [0.15, 0.2) is 17.5 Å². The molecule has 1 aliphatic carbocycles. The van der Waals surface area contributed by atoms with E-state index >= 15 is 0 Å². The summed E-state index contributed by atoms with van der Waals surface area (Å²) >= 11 is 3.04. The molecular weight excluding hydrogens is 416 g/mol. The van der Waals surface area contributed by atoms with E-state index in [-0.39, 0.29) is 11.8 Å². The molecule has 2 aromatic heterocycles. The Labute approximate surface area is 185 Å². The molecule has 2 aliphatic rings. The summed E-state index contributed by atoms with van der Waals surface area (Å²) in [5, 5.41) is 15.2. The third kappa shape index (κ3) is 4.59. The fourth-order valence-corrected chi connectivity index (χ4v) is 6.20. The van der Waals surface area contributed by atoms with E-state index in [0.29, 0.717) is 42.5 Å². The highest BCUT2D eigenvalue weighted by atomic mass is 32.1. The molecule has 4 rings (SSSR count). The zero-order valence-corrected chi connectivity index (χ0v) is 18.8. The molecule has 0 radical (unpaired) electrons. The van der Waals surface area contributed by atoms with E-state index < -0.39 is 0 Å². The van der Waals surface area contributed by atoms with Crippen LogP contribution in [0.1, 0.15) is 45.4 Å². The minimum atomic E-state index is -0.0461. The standard InChI is InChI=1S/C22H26N4O2S2/c1-15-4-5-16-17(14-23)21(30-19(16)13-15)24-20(27)6-7-25-8-10-26(11-9-25)22(28)18-3-2-12-29-18/h2-3,12,15H,4-11,13H2,1H3,(H,24,27). The van der Waals surface area contributed by atoms with Crippen molar-refractivity contribution in [1.29, 1.82) is 5.26 Å². The number of nitriles is 1. The van der Waals surface area contributed by atoms with Gasteiger partial charge in [-0.15, -0.1) is 22.7 Å². The molecule has 1 saturated heterocycles. The predicted molar refractivity (Wildman–Crippen MR) is 120 cm³/mol. The van der Waals surface area contributed by atoms with Gasteiger partial charge in [0, 0.05) is 44.0 Å². The summed E-state index contributed by atoms with van der Waals surface area (Å²) < 4.78 is 0. The van der Waals surface area contributed by atoms with Crippen LogP contribution in [0.3, 0.4) is 0 Å². The van der Waals surface area contributed by atoms with Crippen molar-refractivity contribution in [2.75, 3.05) is 38.0 Å². The highest BCUT2D eigenvalue weighted by molar-refractivity contribution is 7.16. The van der Waals surface area contributed by atoms with Crippen LogP contribution in [0.25, 0.3) is 0 Å². The smallest absolute Gasteiger partial charge is 0.264 e. The molecule has 2 aromatic rings. The molecule has 0 aromatic carbocycles. The van der Waals surface area contributed by atoms with E-state index in [4.69, 9.17) is 0 Å². The summed E-state index contributed by atoms with van der Waals surface area (Å²) in [6.45, 7) is 5.83. The summed E-state index contributed by atoms with van der Waals surface area (Å²) in [4.78, 5) is 31.1. The highest BCUT2D eigenvalue weighted by Crippen LogP contribution is 2.39. The molecule has 3 heterocycles. The van der Waals surface area contributed by atoms with Gasteiger partial charge in [0.15, 0.2) is 0 Å². The SMILES string of the molecule is CC1CCc2c(sc(NC(=O)CCN3CCN(C(=O)c4cccs4)CC3)c2C#N)C1. The molecule has 0 bridgehead atoms. The largest absolute Gasteiger partial charge is 0.335 e. The van der Waals surface area contributed by atoms with Gasteiger partial charge in [0.25, 0.3) is 5.91 Å². The van der Waals surface area contributed by atoms with Crippen LogP contribution in [0.4, 0.5) is 5.00 Å². The third-order valence-electron chi connectivity index (χ3n) is 5.92.